The van der Waals surface area contributed by atoms with Crippen molar-refractivity contribution < 1.29 is 12.0 Å². The third kappa shape index (κ3) is 2.59. The maximum absolute atomic E-state index is 13.6. The predicted octanol–water partition coefficient (Wildman–Crippen LogP) is 2.61. The van der Waals surface area contributed by atoms with E-state index in [4.69, 9.17) is 12.9 Å². The zero-order chi connectivity index (χ0) is 12.3. The zero-order valence-electron chi connectivity index (χ0n) is 8.35. The van der Waals surface area contributed by atoms with Gasteiger partial charge < -0.3 is 7.59 Å². The van der Waals surface area contributed by atoms with E-state index in [0.717, 1.165) is 6.07 Å². The van der Waals surface area contributed by atoms with Gasteiger partial charge in [0.15, 0.2) is 0 Å². The van der Waals surface area contributed by atoms with E-state index in [1.807, 2.05) is 6.07 Å². The Balaban J connectivity index is 2.36. The van der Waals surface area contributed by atoms with Crippen LogP contribution >= 0.6 is 23.0 Å². The van der Waals surface area contributed by atoms with Gasteiger partial charge in [-0.15, -0.1) is 0 Å². The minimum absolute atomic E-state index is 0.135. The van der Waals surface area contributed by atoms with Crippen molar-refractivity contribution in [1.82, 2.24) is 10.1 Å². The SMILES string of the molecule is N#Cc1ccc(-c2noc(COI)n2)c(F)c1. The van der Waals surface area contributed by atoms with Gasteiger partial charge in [-0.3, -0.25) is 0 Å². The van der Waals surface area contributed by atoms with E-state index in [1.54, 1.807) is 23.0 Å². The average molecular weight is 345 g/mol. The Bertz CT molecular complexity index is 579. The first-order chi connectivity index (χ1) is 8.24. The Labute approximate surface area is 110 Å². The number of aromatic nitrogens is 2. The first-order valence-electron chi connectivity index (χ1n) is 4.50. The van der Waals surface area contributed by atoms with Crippen LogP contribution in [0.4, 0.5) is 4.39 Å². The van der Waals surface area contributed by atoms with Gasteiger partial charge in [0.1, 0.15) is 35.4 Å². The number of benzene rings is 1. The van der Waals surface area contributed by atoms with Crippen molar-refractivity contribution >= 4 is 23.0 Å². The maximum Gasteiger partial charge on any atom is 0.254 e. The smallest absolute Gasteiger partial charge is 0.254 e. The monoisotopic (exact) mass is 345 g/mol. The molecule has 0 saturated heterocycles. The molecule has 0 N–H and O–H groups in total. The molecule has 0 unspecified atom stereocenters. The lowest BCUT2D eigenvalue weighted by Gasteiger charge is -1.96. The molecule has 0 spiro atoms. The van der Waals surface area contributed by atoms with Gasteiger partial charge in [-0.1, -0.05) is 5.16 Å². The van der Waals surface area contributed by atoms with Crippen LogP contribution in [0.5, 0.6) is 0 Å². The average Bonchev–Trinajstić information content (AvgIpc) is 2.78. The van der Waals surface area contributed by atoms with Crippen LogP contribution in [0.1, 0.15) is 11.5 Å². The Morgan fingerprint density at radius 3 is 3.00 bits per heavy atom. The quantitative estimate of drug-likeness (QED) is 0.800. The predicted molar refractivity (Wildman–Crippen MR) is 63.2 cm³/mol. The minimum Gasteiger partial charge on any atom is -0.336 e. The molecule has 5 nitrogen and oxygen atoms in total. The molecular weight excluding hydrogens is 340 g/mol. The highest BCUT2D eigenvalue weighted by atomic mass is 127. The molecule has 0 amide bonds. The van der Waals surface area contributed by atoms with Crippen molar-refractivity contribution in [2.75, 3.05) is 0 Å². The molecule has 0 fully saturated rings. The molecule has 0 bridgehead atoms. The molecule has 86 valence electrons. The van der Waals surface area contributed by atoms with Crippen LogP contribution in [0, 0.1) is 17.1 Å². The van der Waals surface area contributed by atoms with E-state index < -0.39 is 5.82 Å². The van der Waals surface area contributed by atoms with Crippen molar-refractivity contribution in [3.63, 3.8) is 0 Å². The van der Waals surface area contributed by atoms with Gasteiger partial charge >= 0.3 is 0 Å². The Hall–Kier alpha value is -1.53. The van der Waals surface area contributed by atoms with Crippen LogP contribution in [-0.2, 0) is 9.67 Å². The molecule has 1 heterocycles. The Morgan fingerprint density at radius 2 is 2.35 bits per heavy atom. The second kappa shape index (κ2) is 5.20. The third-order valence-electron chi connectivity index (χ3n) is 1.99. The molecule has 0 aliphatic rings. The molecule has 1 aromatic carbocycles. The summed E-state index contributed by atoms with van der Waals surface area (Å²) in [6.45, 7) is 0.158. The van der Waals surface area contributed by atoms with Crippen molar-refractivity contribution in [1.29, 1.82) is 5.26 Å². The normalized spacial score (nSPS) is 10.2. The summed E-state index contributed by atoms with van der Waals surface area (Å²) in [5, 5.41) is 12.2. The van der Waals surface area contributed by atoms with E-state index in [1.165, 1.54) is 12.1 Å². The topological polar surface area (TPSA) is 71.9 Å². The number of hydrogen-bond donors (Lipinski definition) is 0. The van der Waals surface area contributed by atoms with Crippen molar-refractivity contribution in [2.45, 2.75) is 6.61 Å². The van der Waals surface area contributed by atoms with Crippen molar-refractivity contribution in [3.05, 3.63) is 35.5 Å². The maximum atomic E-state index is 13.6. The van der Waals surface area contributed by atoms with E-state index in [9.17, 15) is 4.39 Å². The summed E-state index contributed by atoms with van der Waals surface area (Å²) >= 11 is 1.69. The van der Waals surface area contributed by atoms with E-state index in [2.05, 4.69) is 10.1 Å². The molecule has 17 heavy (non-hydrogen) atoms. The van der Waals surface area contributed by atoms with E-state index >= 15 is 0 Å². The molecule has 2 rings (SSSR count). The largest absolute Gasteiger partial charge is 0.336 e. The summed E-state index contributed by atoms with van der Waals surface area (Å²) in [5.41, 5.74) is 0.429. The number of rotatable bonds is 3. The van der Waals surface area contributed by atoms with Gasteiger partial charge in [0.05, 0.1) is 17.2 Å². The molecule has 0 aliphatic heterocycles. The first kappa shape index (κ1) is 11.9. The highest BCUT2D eigenvalue weighted by molar-refractivity contribution is 14.1. The van der Waals surface area contributed by atoms with Crippen LogP contribution in [0.3, 0.4) is 0 Å². The molecule has 0 saturated carbocycles. The van der Waals surface area contributed by atoms with E-state index in [0.29, 0.717) is 0 Å². The van der Waals surface area contributed by atoms with Crippen LogP contribution in [-0.4, -0.2) is 10.1 Å². The molecule has 1 aromatic heterocycles. The summed E-state index contributed by atoms with van der Waals surface area (Å²) in [5.74, 6) is -0.166. The lowest BCUT2D eigenvalue weighted by molar-refractivity contribution is 0.299. The summed E-state index contributed by atoms with van der Waals surface area (Å²) in [4.78, 5) is 3.96. The van der Waals surface area contributed by atoms with Crippen LogP contribution in [0.15, 0.2) is 22.7 Å². The summed E-state index contributed by atoms with van der Waals surface area (Å²) in [7, 11) is 0. The molecule has 0 aliphatic carbocycles. The van der Waals surface area contributed by atoms with Gasteiger partial charge in [0.2, 0.25) is 5.82 Å². The molecule has 2 aromatic rings. The van der Waals surface area contributed by atoms with Crippen molar-refractivity contribution in [3.8, 4) is 17.5 Å². The fourth-order valence-electron chi connectivity index (χ4n) is 1.24. The number of nitriles is 1. The summed E-state index contributed by atoms with van der Waals surface area (Å²) in [6, 6.07) is 5.90. The van der Waals surface area contributed by atoms with Gasteiger partial charge in [0.25, 0.3) is 5.89 Å². The second-order valence-corrected chi connectivity index (χ2v) is 3.69. The fourth-order valence-corrected chi connectivity index (χ4v) is 1.50. The lowest BCUT2D eigenvalue weighted by atomic mass is 10.1. The Kier molecular flexibility index (Phi) is 3.65. The minimum atomic E-state index is -0.563. The third-order valence-corrected chi connectivity index (χ3v) is 2.30. The number of halogens is 2. The van der Waals surface area contributed by atoms with Gasteiger partial charge in [0, 0.05) is 0 Å². The Morgan fingerprint density at radius 1 is 1.53 bits per heavy atom. The highest BCUT2D eigenvalue weighted by Gasteiger charge is 2.13. The molecular formula is C10H5FIN3O2. The summed E-state index contributed by atoms with van der Waals surface area (Å²) < 4.78 is 23.2. The van der Waals surface area contributed by atoms with Crippen LogP contribution in [0.2, 0.25) is 0 Å². The van der Waals surface area contributed by atoms with Gasteiger partial charge in [-0.05, 0) is 18.2 Å². The molecule has 0 atom stereocenters. The van der Waals surface area contributed by atoms with Crippen LogP contribution < -0.4 is 0 Å². The molecule has 0 radical (unpaired) electrons. The number of nitrogens with zero attached hydrogens (tertiary/aromatic N) is 3. The number of hydrogen-bond acceptors (Lipinski definition) is 5. The van der Waals surface area contributed by atoms with Crippen molar-refractivity contribution in [2.24, 2.45) is 0 Å². The first-order valence-corrected chi connectivity index (χ1v) is 5.39. The van der Waals surface area contributed by atoms with Crippen LogP contribution in [0.25, 0.3) is 11.4 Å². The summed E-state index contributed by atoms with van der Waals surface area (Å²) in [6.07, 6.45) is 0. The standard InChI is InChI=1S/C10H5FIN3O2/c11-8-3-6(4-13)1-2-7(8)10-14-9(5-16-12)17-15-10/h1-3H,5H2. The second-order valence-electron chi connectivity index (χ2n) is 3.07. The van der Waals surface area contributed by atoms with Gasteiger partial charge in [-0.2, -0.15) is 10.2 Å². The van der Waals surface area contributed by atoms with E-state index in [-0.39, 0.29) is 29.4 Å². The van der Waals surface area contributed by atoms with Gasteiger partial charge in [-0.25, -0.2) is 4.39 Å². The lowest BCUT2D eigenvalue weighted by Crippen LogP contribution is -1.89. The zero-order valence-corrected chi connectivity index (χ0v) is 10.5. The highest BCUT2D eigenvalue weighted by Crippen LogP contribution is 2.21. The molecule has 7 heteroatoms. The fraction of sp³-hybridized carbons (Fsp3) is 0.100.